The van der Waals surface area contributed by atoms with E-state index in [9.17, 15) is 9.59 Å². The highest BCUT2D eigenvalue weighted by Gasteiger charge is 2.33. The van der Waals surface area contributed by atoms with Crippen molar-refractivity contribution in [2.75, 3.05) is 23.8 Å². The molecule has 2 aromatic carbocycles. The van der Waals surface area contributed by atoms with Crippen LogP contribution in [0.15, 0.2) is 48.5 Å². The van der Waals surface area contributed by atoms with E-state index < -0.39 is 0 Å². The van der Waals surface area contributed by atoms with E-state index in [0.717, 1.165) is 24.2 Å². The lowest BCUT2D eigenvalue weighted by Crippen LogP contribution is -2.34. The van der Waals surface area contributed by atoms with Crippen molar-refractivity contribution in [3.63, 3.8) is 0 Å². The molecule has 0 radical (unpaired) electrons. The van der Waals surface area contributed by atoms with Crippen LogP contribution in [0.4, 0.5) is 16.2 Å². The lowest BCUT2D eigenvalue weighted by atomic mass is 10.2. The quantitative estimate of drug-likeness (QED) is 0.558. The van der Waals surface area contributed by atoms with Crippen molar-refractivity contribution >= 4 is 34.6 Å². The minimum Gasteiger partial charge on any atom is -0.494 e. The van der Waals surface area contributed by atoms with Gasteiger partial charge in [0, 0.05) is 17.9 Å². The largest absolute Gasteiger partial charge is 0.494 e. The second-order valence-corrected chi connectivity index (χ2v) is 8.51. The number of urea groups is 1. The SMILES string of the molecule is CCOc1ccc(NC(=O)N2CCC[C@@H]2c2nnc(C(=O)Nc3ccc(C)cc3)s2)cc1. The molecule has 0 unspecified atom stereocenters. The average Bonchev–Trinajstić information content (AvgIpc) is 3.46. The second-order valence-electron chi connectivity index (χ2n) is 7.50. The number of ether oxygens (including phenoxy) is 1. The number of hydrogen-bond donors (Lipinski definition) is 2. The summed E-state index contributed by atoms with van der Waals surface area (Å²) in [7, 11) is 0. The van der Waals surface area contributed by atoms with Crippen LogP contribution in [-0.4, -0.2) is 40.2 Å². The zero-order valence-corrected chi connectivity index (χ0v) is 18.8. The highest BCUT2D eigenvalue weighted by Crippen LogP contribution is 2.34. The summed E-state index contributed by atoms with van der Waals surface area (Å²) in [4.78, 5) is 27.2. The average molecular weight is 452 g/mol. The monoisotopic (exact) mass is 451 g/mol. The van der Waals surface area contributed by atoms with Gasteiger partial charge in [0.1, 0.15) is 10.8 Å². The molecular weight excluding hydrogens is 426 g/mol. The first-order valence-corrected chi connectivity index (χ1v) is 11.4. The predicted octanol–water partition coefficient (Wildman–Crippen LogP) is 4.87. The second kappa shape index (κ2) is 9.78. The molecule has 1 fully saturated rings. The third kappa shape index (κ3) is 5.05. The molecule has 4 rings (SSSR count). The van der Waals surface area contributed by atoms with Gasteiger partial charge in [0.2, 0.25) is 5.01 Å². The standard InChI is InChI=1S/C23H25N5O3S/c1-3-31-18-12-10-17(11-13-18)25-23(30)28-14-4-5-19(28)21-26-27-22(32-21)20(29)24-16-8-6-15(2)7-9-16/h6-13,19H,3-5,14H2,1-2H3,(H,24,29)(H,25,30)/t19-/m1/s1. The molecule has 1 aromatic heterocycles. The van der Waals surface area contributed by atoms with Gasteiger partial charge in [-0.2, -0.15) is 0 Å². The Morgan fingerprint density at radius 2 is 1.75 bits per heavy atom. The fourth-order valence-electron chi connectivity index (χ4n) is 3.55. The number of benzene rings is 2. The number of aromatic nitrogens is 2. The van der Waals surface area contributed by atoms with Gasteiger partial charge in [0.15, 0.2) is 0 Å². The minimum absolute atomic E-state index is 0.197. The molecule has 1 aliphatic rings. The Morgan fingerprint density at radius 1 is 1.06 bits per heavy atom. The van der Waals surface area contributed by atoms with E-state index in [4.69, 9.17) is 4.74 Å². The topological polar surface area (TPSA) is 96.4 Å². The summed E-state index contributed by atoms with van der Waals surface area (Å²) in [6, 6.07) is 14.4. The van der Waals surface area contributed by atoms with Gasteiger partial charge in [0.05, 0.1) is 12.6 Å². The van der Waals surface area contributed by atoms with Crippen LogP contribution in [-0.2, 0) is 0 Å². The number of anilines is 2. The number of nitrogens with one attached hydrogen (secondary N) is 2. The van der Waals surface area contributed by atoms with Crippen molar-refractivity contribution in [1.82, 2.24) is 15.1 Å². The van der Waals surface area contributed by atoms with Gasteiger partial charge in [0.25, 0.3) is 5.91 Å². The van der Waals surface area contributed by atoms with Crippen molar-refractivity contribution in [3.8, 4) is 5.75 Å². The molecule has 0 bridgehead atoms. The van der Waals surface area contributed by atoms with E-state index in [1.54, 1.807) is 4.90 Å². The van der Waals surface area contributed by atoms with Gasteiger partial charge in [-0.1, -0.05) is 29.0 Å². The lowest BCUT2D eigenvalue weighted by Gasteiger charge is -2.23. The number of carbonyl (C=O) groups excluding carboxylic acids is 2. The molecule has 9 heteroatoms. The Bertz CT molecular complexity index is 1080. The van der Waals surface area contributed by atoms with E-state index in [1.165, 1.54) is 11.3 Å². The Hall–Kier alpha value is -3.46. The Labute approximate surface area is 190 Å². The summed E-state index contributed by atoms with van der Waals surface area (Å²) in [6.07, 6.45) is 1.65. The van der Waals surface area contributed by atoms with Crippen LogP contribution in [0.25, 0.3) is 0 Å². The molecule has 0 saturated carbocycles. The van der Waals surface area contributed by atoms with Crippen LogP contribution in [0.3, 0.4) is 0 Å². The molecule has 3 amide bonds. The number of carbonyl (C=O) groups is 2. The molecule has 2 N–H and O–H groups in total. The normalized spacial score (nSPS) is 15.4. The van der Waals surface area contributed by atoms with Gasteiger partial charge >= 0.3 is 6.03 Å². The van der Waals surface area contributed by atoms with E-state index in [-0.39, 0.29) is 23.0 Å². The van der Waals surface area contributed by atoms with Crippen molar-refractivity contribution in [3.05, 3.63) is 64.1 Å². The van der Waals surface area contributed by atoms with E-state index >= 15 is 0 Å². The maximum Gasteiger partial charge on any atom is 0.322 e. The number of aryl methyl sites for hydroxylation is 1. The lowest BCUT2D eigenvalue weighted by molar-refractivity contribution is 0.102. The summed E-state index contributed by atoms with van der Waals surface area (Å²) in [5.74, 6) is 0.454. The smallest absolute Gasteiger partial charge is 0.322 e. The maximum absolute atomic E-state index is 12.9. The first-order chi connectivity index (χ1) is 15.5. The van der Waals surface area contributed by atoms with Crippen LogP contribution in [0, 0.1) is 6.92 Å². The zero-order chi connectivity index (χ0) is 22.5. The van der Waals surface area contributed by atoms with Crippen LogP contribution >= 0.6 is 11.3 Å². The molecule has 2 heterocycles. The van der Waals surface area contributed by atoms with Gasteiger partial charge in [-0.25, -0.2) is 4.79 Å². The maximum atomic E-state index is 12.9. The number of rotatable bonds is 6. The fraction of sp³-hybridized carbons (Fsp3) is 0.304. The first-order valence-electron chi connectivity index (χ1n) is 10.6. The number of likely N-dealkylation sites (tertiary alicyclic amines) is 1. The van der Waals surface area contributed by atoms with Crippen LogP contribution in [0.2, 0.25) is 0 Å². The molecule has 0 spiro atoms. The predicted molar refractivity (Wildman–Crippen MR) is 124 cm³/mol. The molecular formula is C23H25N5O3S. The van der Waals surface area contributed by atoms with E-state index in [0.29, 0.717) is 29.5 Å². The summed E-state index contributed by atoms with van der Waals surface area (Å²) < 4.78 is 5.44. The molecule has 3 aromatic rings. The highest BCUT2D eigenvalue weighted by molar-refractivity contribution is 7.13. The number of nitrogens with zero attached hydrogens (tertiary/aromatic N) is 3. The van der Waals surface area contributed by atoms with Crippen molar-refractivity contribution in [2.24, 2.45) is 0 Å². The van der Waals surface area contributed by atoms with Crippen molar-refractivity contribution < 1.29 is 14.3 Å². The van der Waals surface area contributed by atoms with Crippen molar-refractivity contribution in [2.45, 2.75) is 32.7 Å². The van der Waals surface area contributed by atoms with Gasteiger partial charge in [-0.15, -0.1) is 10.2 Å². The Morgan fingerprint density at radius 3 is 2.47 bits per heavy atom. The van der Waals surface area contributed by atoms with Gasteiger partial charge in [-0.3, -0.25) is 4.79 Å². The van der Waals surface area contributed by atoms with Crippen LogP contribution in [0.5, 0.6) is 5.75 Å². The summed E-state index contributed by atoms with van der Waals surface area (Å²) in [5.41, 5.74) is 2.51. The molecule has 1 saturated heterocycles. The van der Waals surface area contributed by atoms with Gasteiger partial charge < -0.3 is 20.3 Å². The summed E-state index contributed by atoms with van der Waals surface area (Å²) in [5, 5.41) is 15.0. The van der Waals surface area contributed by atoms with Gasteiger partial charge in [-0.05, 0) is 63.1 Å². The Balaban J connectivity index is 1.40. The van der Waals surface area contributed by atoms with E-state index in [1.807, 2.05) is 62.4 Å². The third-order valence-electron chi connectivity index (χ3n) is 5.16. The molecule has 166 valence electrons. The summed E-state index contributed by atoms with van der Waals surface area (Å²) >= 11 is 1.22. The Kier molecular flexibility index (Phi) is 6.65. The highest BCUT2D eigenvalue weighted by atomic mass is 32.1. The van der Waals surface area contributed by atoms with Crippen LogP contribution < -0.4 is 15.4 Å². The van der Waals surface area contributed by atoms with Crippen LogP contribution in [0.1, 0.15) is 46.2 Å². The minimum atomic E-state index is -0.305. The third-order valence-corrected chi connectivity index (χ3v) is 6.18. The molecule has 0 aliphatic carbocycles. The molecule has 8 nitrogen and oxygen atoms in total. The van der Waals surface area contributed by atoms with Crippen molar-refractivity contribution in [1.29, 1.82) is 0 Å². The zero-order valence-electron chi connectivity index (χ0n) is 18.0. The fourth-order valence-corrected chi connectivity index (χ4v) is 4.43. The number of amides is 3. The molecule has 1 atom stereocenters. The van der Waals surface area contributed by atoms with E-state index in [2.05, 4.69) is 20.8 Å². The first kappa shape index (κ1) is 21.8. The molecule has 32 heavy (non-hydrogen) atoms. The molecule has 1 aliphatic heterocycles. The summed E-state index contributed by atoms with van der Waals surface area (Å²) in [6.45, 7) is 5.13. The number of hydrogen-bond acceptors (Lipinski definition) is 6.